The van der Waals surface area contributed by atoms with Crippen LogP contribution in [0.1, 0.15) is 89.0 Å². The van der Waals surface area contributed by atoms with Crippen LogP contribution in [0.2, 0.25) is 0 Å². The fraction of sp³-hybridized carbons (Fsp3) is 0.692. The minimum absolute atomic E-state index is 0.170. The van der Waals surface area contributed by atoms with E-state index in [0.717, 1.165) is 36.1 Å². The maximum atomic E-state index is 13.8. The van der Waals surface area contributed by atoms with Gasteiger partial charge in [0.25, 0.3) is 5.91 Å². The molecule has 1 unspecified atom stereocenters. The summed E-state index contributed by atoms with van der Waals surface area (Å²) in [6, 6.07) is 8.32. The molecule has 2 fully saturated rings. The molecule has 1 aliphatic heterocycles. The normalized spacial score (nSPS) is 25.8. The highest BCUT2D eigenvalue weighted by atomic mass is 79.9. The molecule has 2 N–H and O–H groups in total. The molecule has 1 amide bonds. The van der Waals surface area contributed by atoms with Crippen molar-refractivity contribution in [1.82, 2.24) is 4.90 Å². The van der Waals surface area contributed by atoms with Gasteiger partial charge in [-0.15, -0.1) is 0 Å². The molecule has 2 saturated carbocycles. The Bertz CT molecular complexity index is 765. The molecular weight excluding hydrogens is 450 g/mol. The first-order valence-electron chi connectivity index (χ1n) is 12.5. The lowest BCUT2D eigenvalue weighted by Gasteiger charge is -2.33. The number of guanidine groups is 1. The van der Waals surface area contributed by atoms with E-state index >= 15 is 0 Å². The van der Waals surface area contributed by atoms with Crippen molar-refractivity contribution >= 4 is 27.8 Å². The first-order valence-corrected chi connectivity index (χ1v) is 13.3. The van der Waals surface area contributed by atoms with E-state index in [1.54, 1.807) is 4.90 Å². The van der Waals surface area contributed by atoms with Crippen molar-refractivity contribution in [2.75, 3.05) is 6.54 Å². The van der Waals surface area contributed by atoms with Gasteiger partial charge in [0, 0.05) is 11.0 Å². The molecule has 0 bridgehead atoms. The lowest BCUT2D eigenvalue weighted by molar-refractivity contribution is -0.132. The maximum absolute atomic E-state index is 13.8. The summed E-state index contributed by atoms with van der Waals surface area (Å²) in [4.78, 5) is 20.5. The van der Waals surface area contributed by atoms with E-state index in [0.29, 0.717) is 18.4 Å². The van der Waals surface area contributed by atoms with Gasteiger partial charge in [-0.1, -0.05) is 92.3 Å². The molecule has 3 aliphatic rings. The van der Waals surface area contributed by atoms with Crippen molar-refractivity contribution in [1.29, 1.82) is 0 Å². The van der Waals surface area contributed by atoms with Crippen molar-refractivity contribution in [3.63, 3.8) is 0 Å². The van der Waals surface area contributed by atoms with Crippen LogP contribution in [0, 0.1) is 11.8 Å². The van der Waals surface area contributed by atoms with Crippen LogP contribution in [0.15, 0.2) is 33.7 Å². The zero-order valence-electron chi connectivity index (χ0n) is 18.8. The largest absolute Gasteiger partial charge is 0.369 e. The summed E-state index contributed by atoms with van der Waals surface area (Å²) < 4.78 is 1.07. The number of nitrogens with zero attached hydrogens (tertiary/aromatic N) is 2. The van der Waals surface area contributed by atoms with Gasteiger partial charge in [0.1, 0.15) is 5.54 Å². The maximum Gasteiger partial charge on any atom is 0.257 e. The summed E-state index contributed by atoms with van der Waals surface area (Å²) in [5, 5.41) is 0. The quantitative estimate of drug-likeness (QED) is 0.472. The summed E-state index contributed by atoms with van der Waals surface area (Å²) in [7, 11) is 0. The number of halogens is 1. The number of carbonyl (C=O) groups is 1. The van der Waals surface area contributed by atoms with Crippen LogP contribution >= 0.6 is 15.9 Å². The second kappa shape index (κ2) is 10.5. The van der Waals surface area contributed by atoms with Crippen LogP contribution in [0.4, 0.5) is 0 Å². The lowest BCUT2D eigenvalue weighted by Crippen LogP contribution is -2.46. The second-order valence-electron chi connectivity index (χ2n) is 10.1. The molecule has 1 atom stereocenters. The van der Waals surface area contributed by atoms with Crippen LogP contribution in [0.3, 0.4) is 0 Å². The predicted octanol–water partition coefficient (Wildman–Crippen LogP) is 6.22. The molecule has 1 aromatic rings. The van der Waals surface area contributed by atoms with Gasteiger partial charge in [0.15, 0.2) is 5.96 Å². The number of carbonyl (C=O) groups excluding carboxylic acids is 1. The molecule has 0 aromatic heterocycles. The van der Waals surface area contributed by atoms with Crippen molar-refractivity contribution < 1.29 is 4.79 Å². The smallest absolute Gasteiger partial charge is 0.257 e. The molecule has 4 nitrogen and oxygen atoms in total. The van der Waals surface area contributed by atoms with Gasteiger partial charge in [0.2, 0.25) is 0 Å². The molecule has 4 rings (SSSR count). The van der Waals surface area contributed by atoms with Crippen LogP contribution in [-0.2, 0) is 11.2 Å². The van der Waals surface area contributed by atoms with E-state index in [9.17, 15) is 4.79 Å². The van der Waals surface area contributed by atoms with Gasteiger partial charge < -0.3 is 5.73 Å². The Labute approximate surface area is 196 Å². The Morgan fingerprint density at radius 1 is 0.968 bits per heavy atom. The molecule has 5 heteroatoms. The van der Waals surface area contributed by atoms with E-state index in [4.69, 9.17) is 10.7 Å². The summed E-state index contributed by atoms with van der Waals surface area (Å²) in [6.45, 7) is 0.617. The topological polar surface area (TPSA) is 58.7 Å². The number of hydrogen-bond acceptors (Lipinski definition) is 3. The third-order valence-corrected chi connectivity index (χ3v) is 8.36. The number of benzene rings is 1. The minimum atomic E-state index is -0.608. The average molecular weight is 489 g/mol. The van der Waals surface area contributed by atoms with Gasteiger partial charge in [-0.05, 0) is 55.2 Å². The van der Waals surface area contributed by atoms with E-state index in [1.807, 2.05) is 0 Å². The molecule has 31 heavy (non-hydrogen) atoms. The molecule has 0 spiro atoms. The molecule has 0 saturated heterocycles. The molecular formula is C26H38BrN3O. The van der Waals surface area contributed by atoms with Gasteiger partial charge in [0.05, 0.1) is 0 Å². The standard InChI is InChI=1S/C26H38BrN3O/c27-23-13-11-21(12-14-23)16-18-30-24(31)26(29-25(30)28,19-22-9-5-2-6-10-22)17-15-20-7-3-1-4-8-20/h11-14,20,22H,1-10,15-19H2,(H2,28,29). The molecule has 170 valence electrons. The fourth-order valence-electron chi connectivity index (χ4n) is 5.98. The molecule has 1 aromatic carbocycles. The highest BCUT2D eigenvalue weighted by Crippen LogP contribution is 2.40. The van der Waals surface area contributed by atoms with Gasteiger partial charge in [-0.3, -0.25) is 9.69 Å². The number of rotatable bonds is 8. The summed E-state index contributed by atoms with van der Waals surface area (Å²) in [5.41, 5.74) is 7.01. The van der Waals surface area contributed by atoms with Crippen molar-refractivity contribution in [3.05, 3.63) is 34.3 Å². The first kappa shape index (κ1) is 22.8. The van der Waals surface area contributed by atoms with Gasteiger partial charge in [-0.25, -0.2) is 4.99 Å². The third kappa shape index (κ3) is 5.71. The summed E-state index contributed by atoms with van der Waals surface area (Å²) in [6.07, 6.45) is 16.8. The van der Waals surface area contributed by atoms with Crippen molar-refractivity contribution in [2.24, 2.45) is 22.6 Å². The Hall–Kier alpha value is -1.36. The Balaban J connectivity index is 1.46. The van der Waals surface area contributed by atoms with Crippen LogP contribution in [0.5, 0.6) is 0 Å². The monoisotopic (exact) mass is 487 g/mol. The third-order valence-electron chi connectivity index (χ3n) is 7.83. The average Bonchev–Trinajstić information content (AvgIpc) is 3.02. The zero-order chi connectivity index (χ0) is 21.7. The zero-order valence-corrected chi connectivity index (χ0v) is 20.4. The highest BCUT2D eigenvalue weighted by molar-refractivity contribution is 9.10. The van der Waals surface area contributed by atoms with Crippen molar-refractivity contribution in [2.45, 2.75) is 95.4 Å². The predicted molar refractivity (Wildman–Crippen MR) is 131 cm³/mol. The minimum Gasteiger partial charge on any atom is -0.369 e. The number of hydrogen-bond donors (Lipinski definition) is 1. The van der Waals surface area contributed by atoms with Crippen LogP contribution in [0.25, 0.3) is 0 Å². The number of amides is 1. The van der Waals surface area contributed by atoms with Crippen LogP contribution in [-0.4, -0.2) is 28.9 Å². The first-order chi connectivity index (χ1) is 15.1. The second-order valence-corrected chi connectivity index (χ2v) is 11.0. The highest BCUT2D eigenvalue weighted by Gasteiger charge is 2.48. The van der Waals surface area contributed by atoms with Gasteiger partial charge in [-0.2, -0.15) is 0 Å². The van der Waals surface area contributed by atoms with Gasteiger partial charge >= 0.3 is 0 Å². The Morgan fingerprint density at radius 2 is 1.58 bits per heavy atom. The number of nitrogens with two attached hydrogens (primary N) is 1. The number of aliphatic imine (C=N–C) groups is 1. The van der Waals surface area contributed by atoms with E-state index in [2.05, 4.69) is 40.2 Å². The Morgan fingerprint density at radius 3 is 2.23 bits per heavy atom. The van der Waals surface area contributed by atoms with E-state index < -0.39 is 5.54 Å². The van der Waals surface area contributed by atoms with Crippen LogP contribution < -0.4 is 5.73 Å². The Kier molecular flexibility index (Phi) is 7.73. The van der Waals surface area contributed by atoms with E-state index in [1.165, 1.54) is 69.8 Å². The SMILES string of the molecule is NC1=NC(CCC2CCCCC2)(CC2CCCCC2)C(=O)N1CCc1ccc(Br)cc1. The van der Waals surface area contributed by atoms with Crippen molar-refractivity contribution in [3.8, 4) is 0 Å². The fourth-order valence-corrected chi connectivity index (χ4v) is 6.24. The molecule has 1 heterocycles. The summed E-state index contributed by atoms with van der Waals surface area (Å²) >= 11 is 3.49. The molecule has 0 radical (unpaired) electrons. The summed E-state index contributed by atoms with van der Waals surface area (Å²) in [5.74, 6) is 2.00. The van der Waals surface area contributed by atoms with E-state index in [-0.39, 0.29) is 5.91 Å². The molecule has 2 aliphatic carbocycles. The lowest BCUT2D eigenvalue weighted by atomic mass is 9.75.